The van der Waals surface area contributed by atoms with Gasteiger partial charge in [0, 0.05) is 37.9 Å². The van der Waals surface area contributed by atoms with Gasteiger partial charge in [0.05, 0.1) is 5.69 Å². The van der Waals surface area contributed by atoms with Crippen LogP contribution in [0.1, 0.15) is 35.4 Å². The average Bonchev–Trinajstić information content (AvgIpc) is 2.99. The molecule has 6 heteroatoms. The van der Waals surface area contributed by atoms with E-state index < -0.39 is 0 Å². The number of hydrogen-bond donors (Lipinski definition) is 0. The molecule has 3 rings (SSSR count). The van der Waals surface area contributed by atoms with E-state index in [0.29, 0.717) is 11.7 Å². The molecular weight excluding hydrogens is 292 g/mol. The lowest BCUT2D eigenvalue weighted by Gasteiger charge is -2.26. The number of carbonyl (C=O) groups is 1. The van der Waals surface area contributed by atoms with Crippen LogP contribution in [0.2, 0.25) is 0 Å². The van der Waals surface area contributed by atoms with E-state index in [2.05, 4.69) is 22.1 Å². The Labute approximate surface area is 136 Å². The molecular formula is C17H22N4O2. The van der Waals surface area contributed by atoms with Crippen molar-refractivity contribution in [1.29, 1.82) is 0 Å². The third-order valence-electron chi connectivity index (χ3n) is 4.40. The molecule has 0 aromatic carbocycles. The summed E-state index contributed by atoms with van der Waals surface area (Å²) in [6.45, 7) is 2.37. The summed E-state index contributed by atoms with van der Waals surface area (Å²) < 4.78 is 4.77. The van der Waals surface area contributed by atoms with Gasteiger partial charge < -0.3 is 9.42 Å². The molecule has 1 aliphatic heterocycles. The third-order valence-corrected chi connectivity index (χ3v) is 4.40. The number of pyridine rings is 1. The molecule has 1 saturated heterocycles. The van der Waals surface area contributed by atoms with Crippen LogP contribution >= 0.6 is 0 Å². The summed E-state index contributed by atoms with van der Waals surface area (Å²) >= 11 is 0. The fraction of sp³-hybridized carbons (Fsp3) is 0.471. The molecule has 1 fully saturated rings. The number of amides is 1. The van der Waals surface area contributed by atoms with Crippen LogP contribution < -0.4 is 0 Å². The van der Waals surface area contributed by atoms with Crippen molar-refractivity contribution in [3.63, 3.8) is 0 Å². The Balaban J connectivity index is 1.56. The van der Waals surface area contributed by atoms with E-state index in [4.69, 9.17) is 4.52 Å². The Kier molecular flexibility index (Phi) is 5.02. The first-order valence-electron chi connectivity index (χ1n) is 8.04. The third kappa shape index (κ3) is 3.96. The topological polar surface area (TPSA) is 62.5 Å². The summed E-state index contributed by atoms with van der Waals surface area (Å²) in [6, 6.07) is 8.09. The summed E-state index contributed by atoms with van der Waals surface area (Å²) in [5, 5.41) is 3.75. The molecule has 0 saturated carbocycles. The van der Waals surface area contributed by atoms with E-state index in [9.17, 15) is 4.79 Å². The minimum Gasteiger partial charge on any atom is -0.364 e. The summed E-state index contributed by atoms with van der Waals surface area (Å²) in [5.41, 5.74) is 1.47. The number of aromatic nitrogens is 2. The van der Waals surface area contributed by atoms with Crippen molar-refractivity contribution >= 4 is 5.91 Å². The standard InChI is InChI=1S/C17H22N4O2/c1-20(13-14-5-2-3-9-18-14)15-6-4-10-21(11-7-15)17(22)16-8-12-23-19-16/h2-3,5,8-9,12,15H,4,6-7,10-11,13H2,1H3. The highest BCUT2D eigenvalue weighted by atomic mass is 16.5. The second-order valence-electron chi connectivity index (χ2n) is 6.00. The maximum atomic E-state index is 12.4. The number of rotatable bonds is 4. The first-order valence-corrected chi connectivity index (χ1v) is 8.04. The van der Waals surface area contributed by atoms with Crippen LogP contribution in [-0.2, 0) is 6.54 Å². The van der Waals surface area contributed by atoms with Crippen molar-refractivity contribution in [3.8, 4) is 0 Å². The molecule has 0 N–H and O–H groups in total. The molecule has 2 aromatic heterocycles. The zero-order chi connectivity index (χ0) is 16.1. The van der Waals surface area contributed by atoms with Crippen molar-refractivity contribution in [3.05, 3.63) is 48.1 Å². The van der Waals surface area contributed by atoms with Crippen molar-refractivity contribution in [2.75, 3.05) is 20.1 Å². The van der Waals surface area contributed by atoms with Gasteiger partial charge in [-0.1, -0.05) is 11.2 Å². The zero-order valence-electron chi connectivity index (χ0n) is 13.4. The van der Waals surface area contributed by atoms with Crippen LogP contribution in [0.25, 0.3) is 0 Å². The second-order valence-corrected chi connectivity index (χ2v) is 6.00. The molecule has 23 heavy (non-hydrogen) atoms. The zero-order valence-corrected chi connectivity index (χ0v) is 13.4. The lowest BCUT2D eigenvalue weighted by atomic mass is 10.1. The van der Waals surface area contributed by atoms with Gasteiger partial charge in [-0.2, -0.15) is 0 Å². The van der Waals surface area contributed by atoms with Gasteiger partial charge in [0.25, 0.3) is 5.91 Å². The molecule has 0 bridgehead atoms. The van der Waals surface area contributed by atoms with Gasteiger partial charge in [-0.25, -0.2) is 0 Å². The van der Waals surface area contributed by atoms with E-state index in [1.807, 2.05) is 29.3 Å². The highest BCUT2D eigenvalue weighted by Gasteiger charge is 2.25. The van der Waals surface area contributed by atoms with Crippen molar-refractivity contribution in [2.45, 2.75) is 31.8 Å². The molecule has 1 unspecified atom stereocenters. The summed E-state index contributed by atoms with van der Waals surface area (Å²) in [4.78, 5) is 21.0. The molecule has 0 radical (unpaired) electrons. The van der Waals surface area contributed by atoms with Gasteiger partial charge >= 0.3 is 0 Å². The van der Waals surface area contributed by atoms with E-state index >= 15 is 0 Å². The van der Waals surface area contributed by atoms with Crippen molar-refractivity contribution in [2.24, 2.45) is 0 Å². The average molecular weight is 314 g/mol. The van der Waals surface area contributed by atoms with Crippen LogP contribution in [-0.4, -0.2) is 52.0 Å². The van der Waals surface area contributed by atoms with Gasteiger partial charge in [-0.3, -0.25) is 14.7 Å². The fourth-order valence-corrected chi connectivity index (χ4v) is 3.08. The first kappa shape index (κ1) is 15.7. The second kappa shape index (κ2) is 7.37. The maximum absolute atomic E-state index is 12.4. The Morgan fingerprint density at radius 3 is 3.00 bits per heavy atom. The molecule has 3 heterocycles. The smallest absolute Gasteiger partial charge is 0.276 e. The Bertz CT molecular complexity index is 615. The Morgan fingerprint density at radius 1 is 1.35 bits per heavy atom. The highest BCUT2D eigenvalue weighted by molar-refractivity contribution is 5.92. The van der Waals surface area contributed by atoms with E-state index in [-0.39, 0.29) is 5.91 Å². The van der Waals surface area contributed by atoms with Crippen LogP contribution in [0.15, 0.2) is 41.2 Å². The van der Waals surface area contributed by atoms with Gasteiger partial charge in [0.15, 0.2) is 5.69 Å². The molecule has 1 atom stereocenters. The number of nitrogens with zero attached hydrogens (tertiary/aromatic N) is 4. The molecule has 6 nitrogen and oxygen atoms in total. The van der Waals surface area contributed by atoms with Gasteiger partial charge in [-0.15, -0.1) is 0 Å². The summed E-state index contributed by atoms with van der Waals surface area (Å²) in [6.07, 6.45) is 6.32. The lowest BCUT2D eigenvalue weighted by Crippen LogP contribution is -2.35. The molecule has 1 aliphatic rings. The molecule has 0 aliphatic carbocycles. The fourth-order valence-electron chi connectivity index (χ4n) is 3.08. The predicted molar refractivity (Wildman–Crippen MR) is 85.7 cm³/mol. The maximum Gasteiger partial charge on any atom is 0.276 e. The molecule has 122 valence electrons. The quantitative estimate of drug-likeness (QED) is 0.865. The highest BCUT2D eigenvalue weighted by Crippen LogP contribution is 2.18. The van der Waals surface area contributed by atoms with E-state index in [1.165, 1.54) is 6.26 Å². The summed E-state index contributed by atoms with van der Waals surface area (Å²) in [5.74, 6) is -0.0354. The van der Waals surface area contributed by atoms with Crippen LogP contribution in [0.5, 0.6) is 0 Å². The number of carbonyl (C=O) groups excluding carboxylic acids is 1. The normalized spacial score (nSPS) is 18.9. The summed E-state index contributed by atoms with van der Waals surface area (Å²) in [7, 11) is 2.13. The van der Waals surface area contributed by atoms with E-state index in [1.54, 1.807) is 6.07 Å². The van der Waals surface area contributed by atoms with Crippen LogP contribution in [0, 0.1) is 0 Å². The van der Waals surface area contributed by atoms with Gasteiger partial charge in [-0.05, 0) is 38.4 Å². The minimum atomic E-state index is -0.0354. The predicted octanol–water partition coefficient (Wildman–Crippen LogP) is 2.20. The lowest BCUT2D eigenvalue weighted by molar-refractivity contribution is 0.0747. The number of hydrogen-bond acceptors (Lipinski definition) is 5. The van der Waals surface area contributed by atoms with Gasteiger partial charge in [0.1, 0.15) is 6.26 Å². The first-order chi connectivity index (χ1) is 11.2. The van der Waals surface area contributed by atoms with Crippen LogP contribution in [0.3, 0.4) is 0 Å². The SMILES string of the molecule is CN(Cc1ccccn1)C1CCCN(C(=O)c2ccon2)CC1. The van der Waals surface area contributed by atoms with Gasteiger partial charge in [0.2, 0.25) is 0 Å². The van der Waals surface area contributed by atoms with Crippen LogP contribution in [0.4, 0.5) is 0 Å². The van der Waals surface area contributed by atoms with Crippen molar-refractivity contribution < 1.29 is 9.32 Å². The minimum absolute atomic E-state index is 0.0354. The Morgan fingerprint density at radius 2 is 2.26 bits per heavy atom. The monoisotopic (exact) mass is 314 g/mol. The van der Waals surface area contributed by atoms with E-state index in [0.717, 1.165) is 44.6 Å². The largest absolute Gasteiger partial charge is 0.364 e. The Hall–Kier alpha value is -2.21. The molecule has 1 amide bonds. The van der Waals surface area contributed by atoms with Crippen molar-refractivity contribution in [1.82, 2.24) is 19.9 Å². The number of likely N-dealkylation sites (tertiary alicyclic amines) is 1. The molecule has 0 spiro atoms. The molecule has 2 aromatic rings.